The van der Waals surface area contributed by atoms with Crippen LogP contribution in [0.4, 0.5) is 10.6 Å². The van der Waals surface area contributed by atoms with Crippen molar-refractivity contribution in [1.29, 1.82) is 0 Å². The molecule has 5 N–H and O–H groups in total. The van der Waals surface area contributed by atoms with Crippen LogP contribution in [-0.2, 0) is 9.57 Å². The molecule has 2 heterocycles. The molecule has 1 aromatic heterocycles. The van der Waals surface area contributed by atoms with Crippen molar-refractivity contribution in [2.24, 2.45) is 0 Å². The molecule has 0 spiro atoms. The van der Waals surface area contributed by atoms with Crippen molar-refractivity contribution < 1.29 is 29.7 Å². The lowest BCUT2D eigenvalue weighted by Gasteiger charge is -2.17. The predicted molar refractivity (Wildman–Crippen MR) is 98.4 cm³/mol. The fourth-order valence-corrected chi connectivity index (χ4v) is 2.83. The largest absolute Gasteiger partial charge is 0.431 e. The maximum atomic E-state index is 12.1. The second-order valence-corrected chi connectivity index (χ2v) is 6.56. The number of aromatic nitrogens is 2. The van der Waals surface area contributed by atoms with E-state index in [1.165, 1.54) is 18.7 Å². The molecule has 0 aromatic carbocycles. The van der Waals surface area contributed by atoms with Gasteiger partial charge in [-0.25, -0.2) is 9.59 Å². The average Bonchev–Trinajstić information content (AvgIpc) is 2.97. The van der Waals surface area contributed by atoms with Crippen LogP contribution in [0.5, 0.6) is 0 Å². The van der Waals surface area contributed by atoms with Crippen LogP contribution in [0.1, 0.15) is 45.3 Å². The lowest BCUT2D eigenvalue weighted by Crippen LogP contribution is -2.36. The SMILES string of the molecule is CCCCCCCNC(=O)ONc1ccn([C@@H]2O[C@H](CO)C(O)C2O)c(=O)n1. The molecule has 158 valence electrons. The summed E-state index contributed by atoms with van der Waals surface area (Å²) < 4.78 is 6.25. The van der Waals surface area contributed by atoms with E-state index in [4.69, 9.17) is 14.7 Å². The number of hydrogen-bond acceptors (Lipinski definition) is 9. The Hall–Kier alpha value is -2.21. The van der Waals surface area contributed by atoms with E-state index in [1.807, 2.05) is 0 Å². The van der Waals surface area contributed by atoms with E-state index in [0.717, 1.165) is 30.3 Å². The van der Waals surface area contributed by atoms with Gasteiger partial charge in [-0.2, -0.15) is 10.5 Å². The van der Waals surface area contributed by atoms with E-state index in [2.05, 4.69) is 22.7 Å². The van der Waals surface area contributed by atoms with E-state index < -0.39 is 42.9 Å². The van der Waals surface area contributed by atoms with Crippen LogP contribution in [0, 0.1) is 0 Å². The number of unbranched alkanes of at least 4 members (excludes halogenated alkanes) is 4. The van der Waals surface area contributed by atoms with E-state index in [-0.39, 0.29) is 5.82 Å². The van der Waals surface area contributed by atoms with Gasteiger partial charge >= 0.3 is 11.8 Å². The van der Waals surface area contributed by atoms with Gasteiger partial charge in [-0.15, -0.1) is 0 Å². The maximum Gasteiger partial charge on any atom is 0.431 e. The van der Waals surface area contributed by atoms with Gasteiger partial charge in [0.1, 0.15) is 18.3 Å². The summed E-state index contributed by atoms with van der Waals surface area (Å²) in [4.78, 5) is 32.2. The second kappa shape index (κ2) is 11.0. The monoisotopic (exact) mass is 400 g/mol. The fraction of sp³-hybridized carbons (Fsp3) is 0.706. The van der Waals surface area contributed by atoms with Crippen LogP contribution in [0.3, 0.4) is 0 Å². The smallest absolute Gasteiger partial charge is 0.394 e. The van der Waals surface area contributed by atoms with E-state index in [9.17, 15) is 19.8 Å². The van der Waals surface area contributed by atoms with Crippen LogP contribution in [0.2, 0.25) is 0 Å². The van der Waals surface area contributed by atoms with Crippen molar-refractivity contribution >= 4 is 11.9 Å². The van der Waals surface area contributed by atoms with E-state index >= 15 is 0 Å². The molecule has 2 rings (SSSR count). The Morgan fingerprint density at radius 3 is 2.68 bits per heavy atom. The van der Waals surface area contributed by atoms with Crippen molar-refractivity contribution in [3.8, 4) is 0 Å². The maximum absolute atomic E-state index is 12.1. The van der Waals surface area contributed by atoms with Crippen LogP contribution >= 0.6 is 0 Å². The number of ether oxygens (including phenoxy) is 1. The quantitative estimate of drug-likeness (QED) is 0.267. The van der Waals surface area contributed by atoms with Gasteiger partial charge in [-0.05, 0) is 6.42 Å². The molecule has 1 aliphatic heterocycles. The molecule has 0 saturated carbocycles. The van der Waals surface area contributed by atoms with Crippen molar-refractivity contribution in [3.05, 3.63) is 22.7 Å². The molecule has 28 heavy (non-hydrogen) atoms. The number of hydrogen-bond donors (Lipinski definition) is 5. The summed E-state index contributed by atoms with van der Waals surface area (Å²) in [6.45, 7) is 2.12. The Balaban J connectivity index is 1.81. The van der Waals surface area contributed by atoms with Gasteiger partial charge in [-0.3, -0.25) is 4.57 Å². The summed E-state index contributed by atoms with van der Waals surface area (Å²) in [5.41, 5.74) is 1.48. The van der Waals surface area contributed by atoms with E-state index in [0.29, 0.717) is 6.54 Å². The lowest BCUT2D eigenvalue weighted by molar-refractivity contribution is -0.0549. The Morgan fingerprint density at radius 2 is 2.04 bits per heavy atom. The molecule has 1 aliphatic rings. The Morgan fingerprint density at radius 1 is 1.29 bits per heavy atom. The van der Waals surface area contributed by atoms with Gasteiger partial charge in [0.15, 0.2) is 12.0 Å². The minimum atomic E-state index is -1.39. The van der Waals surface area contributed by atoms with Gasteiger partial charge in [0.05, 0.1) is 6.61 Å². The molecule has 1 amide bonds. The minimum Gasteiger partial charge on any atom is -0.394 e. The molecule has 4 atom stereocenters. The van der Waals surface area contributed by atoms with Gasteiger partial charge in [0.2, 0.25) is 0 Å². The number of carbonyl (C=O) groups excluding carboxylic acids is 1. The zero-order valence-corrected chi connectivity index (χ0v) is 15.8. The number of aliphatic hydroxyl groups excluding tert-OH is 3. The summed E-state index contributed by atoms with van der Waals surface area (Å²) in [5.74, 6) is -0.00825. The van der Waals surface area contributed by atoms with Gasteiger partial charge in [-0.1, -0.05) is 32.6 Å². The molecule has 11 heteroatoms. The first-order chi connectivity index (χ1) is 13.5. The molecule has 1 aromatic rings. The molecule has 2 unspecified atom stereocenters. The fourth-order valence-electron chi connectivity index (χ4n) is 2.83. The molecule has 0 aliphatic carbocycles. The van der Waals surface area contributed by atoms with Crippen LogP contribution < -0.4 is 16.5 Å². The van der Waals surface area contributed by atoms with Crippen molar-refractivity contribution in [3.63, 3.8) is 0 Å². The van der Waals surface area contributed by atoms with Crippen LogP contribution in [-0.4, -0.2) is 62.4 Å². The summed E-state index contributed by atoms with van der Waals surface area (Å²) in [6, 6.07) is 1.34. The summed E-state index contributed by atoms with van der Waals surface area (Å²) in [6.07, 6.45) is 1.01. The lowest BCUT2D eigenvalue weighted by atomic mass is 10.1. The number of nitrogens with one attached hydrogen (secondary N) is 2. The highest BCUT2D eigenvalue weighted by Crippen LogP contribution is 2.28. The predicted octanol–water partition coefficient (Wildman–Crippen LogP) is -0.122. The number of anilines is 1. The second-order valence-electron chi connectivity index (χ2n) is 6.56. The zero-order chi connectivity index (χ0) is 20.5. The van der Waals surface area contributed by atoms with Crippen LogP contribution in [0.25, 0.3) is 0 Å². The first kappa shape index (κ1) is 22.1. The summed E-state index contributed by atoms with van der Waals surface area (Å²) in [7, 11) is 0. The number of aliphatic hydroxyl groups is 3. The highest BCUT2D eigenvalue weighted by molar-refractivity contribution is 5.67. The summed E-state index contributed by atoms with van der Waals surface area (Å²) in [5, 5.41) is 31.4. The first-order valence-corrected chi connectivity index (χ1v) is 9.40. The standard InChI is InChI=1S/C17H28N4O7/c1-2-3-4-5-6-8-18-17(26)28-20-12-7-9-21(16(25)19-12)15-14(24)13(23)11(10-22)27-15/h7,9,11,13-15,22-24H,2-6,8,10H2,1H3,(H,18,26)(H,19,20,25)/t11-,13?,14?,15-/m1/s1. The third-order valence-corrected chi connectivity index (χ3v) is 4.42. The molecular weight excluding hydrogens is 372 g/mol. The number of amides is 1. The highest BCUT2D eigenvalue weighted by Gasteiger charge is 2.43. The average molecular weight is 400 g/mol. The topological polar surface area (TPSA) is 155 Å². The molecule has 0 bridgehead atoms. The van der Waals surface area contributed by atoms with Gasteiger partial charge in [0, 0.05) is 18.8 Å². The minimum absolute atomic E-state index is 0.00825. The Kier molecular flexibility index (Phi) is 8.64. The van der Waals surface area contributed by atoms with Gasteiger partial charge in [0.25, 0.3) is 0 Å². The van der Waals surface area contributed by atoms with Crippen molar-refractivity contribution in [2.75, 3.05) is 18.6 Å². The molecule has 0 radical (unpaired) electrons. The van der Waals surface area contributed by atoms with E-state index in [1.54, 1.807) is 0 Å². The molecule has 1 fully saturated rings. The third-order valence-electron chi connectivity index (χ3n) is 4.42. The Labute approximate surface area is 162 Å². The van der Waals surface area contributed by atoms with Crippen molar-refractivity contribution in [2.45, 2.75) is 63.6 Å². The van der Waals surface area contributed by atoms with Gasteiger partial charge < -0.3 is 30.2 Å². The van der Waals surface area contributed by atoms with Crippen molar-refractivity contribution in [1.82, 2.24) is 14.9 Å². The third kappa shape index (κ3) is 5.89. The number of nitrogens with zero attached hydrogens (tertiary/aromatic N) is 2. The van der Waals surface area contributed by atoms with Crippen LogP contribution in [0.15, 0.2) is 17.1 Å². The Bertz CT molecular complexity index is 684. The first-order valence-electron chi connectivity index (χ1n) is 9.40. The molecule has 1 saturated heterocycles. The normalized spacial score (nSPS) is 24.1. The highest BCUT2D eigenvalue weighted by atomic mass is 16.7. The molecular formula is C17H28N4O7. The number of rotatable bonds is 10. The molecule has 11 nitrogen and oxygen atoms in total. The number of carbonyl (C=O) groups is 1. The summed E-state index contributed by atoms with van der Waals surface area (Å²) >= 11 is 0. The zero-order valence-electron chi connectivity index (χ0n) is 15.8.